The quantitative estimate of drug-likeness (QED) is 0.186. The molecule has 6 rings (SSSR count). The number of aromatic nitrogens is 5. The number of nitrogens with two attached hydrogens (primary N) is 1. The van der Waals surface area contributed by atoms with Gasteiger partial charge in [0.05, 0.1) is 35.2 Å². The fourth-order valence-electron chi connectivity index (χ4n) is 8.13. The number of nitrogens with zero attached hydrogens (tertiary/aromatic N) is 5. The lowest BCUT2D eigenvalue weighted by Gasteiger charge is -2.38. The Morgan fingerprint density at radius 2 is 1.78 bits per heavy atom. The molecule has 3 atom stereocenters. The second kappa shape index (κ2) is 14.3. The van der Waals surface area contributed by atoms with E-state index >= 15 is 0 Å². The molecule has 0 bridgehead atoms. The Bertz CT molecular complexity index is 1750. The third-order valence-corrected chi connectivity index (χ3v) is 10.8. The van der Waals surface area contributed by atoms with E-state index in [0.717, 1.165) is 43.9 Å². The average molecular weight is 690 g/mol. The number of likely N-dealkylation sites (tertiary alicyclic amines) is 1. The van der Waals surface area contributed by atoms with E-state index in [9.17, 15) is 29.1 Å². The summed E-state index contributed by atoms with van der Waals surface area (Å²) in [5, 5.41) is 32.7. The predicted octanol–water partition coefficient (Wildman–Crippen LogP) is 2.17. The van der Waals surface area contributed by atoms with Crippen LogP contribution in [0.1, 0.15) is 113 Å². The SMILES string of the molecule is CC(C)(O)c1cnnn1[C@H]1C[C@@H](C(=O)NC2(C(=O)C(N)=O)CCCCC2)N(C(=O)C(CC2CCCCC2)NC(=O)c2cccc3cn[nH]c23)C1. The number of nitrogens with one attached hydrogen (secondary N) is 3. The third kappa shape index (κ3) is 7.14. The molecule has 6 N–H and O–H groups in total. The first kappa shape index (κ1) is 35.2. The van der Waals surface area contributed by atoms with Crippen LogP contribution in [0.25, 0.3) is 10.9 Å². The van der Waals surface area contributed by atoms with Gasteiger partial charge >= 0.3 is 0 Å². The number of para-hydroxylation sites is 1. The Balaban J connectivity index is 1.34. The fourth-order valence-corrected chi connectivity index (χ4v) is 8.13. The molecule has 1 aliphatic heterocycles. The summed E-state index contributed by atoms with van der Waals surface area (Å²) in [7, 11) is 0. The number of aromatic amines is 1. The van der Waals surface area contributed by atoms with E-state index in [-0.39, 0.29) is 31.7 Å². The second-order valence-electron chi connectivity index (χ2n) is 14.7. The zero-order valence-corrected chi connectivity index (χ0v) is 28.7. The third-order valence-electron chi connectivity index (χ3n) is 10.8. The maximum atomic E-state index is 14.8. The lowest BCUT2D eigenvalue weighted by molar-refractivity contribution is -0.145. The smallest absolute Gasteiger partial charge is 0.287 e. The highest BCUT2D eigenvalue weighted by Gasteiger charge is 2.49. The molecule has 3 fully saturated rings. The van der Waals surface area contributed by atoms with Gasteiger partial charge in [-0.05, 0) is 45.1 Å². The Kier molecular flexibility index (Phi) is 10.1. The molecule has 15 heteroatoms. The number of ketones is 1. The molecule has 0 radical (unpaired) electrons. The Morgan fingerprint density at radius 1 is 1.06 bits per heavy atom. The van der Waals surface area contributed by atoms with Gasteiger partial charge in [-0.3, -0.25) is 29.1 Å². The number of Topliss-reactive ketones (excluding diaryl/α,β-unsaturated/α-hetero) is 1. The number of primary amides is 1. The van der Waals surface area contributed by atoms with Crippen LogP contribution in [0.2, 0.25) is 0 Å². The predicted molar refractivity (Wildman–Crippen MR) is 181 cm³/mol. The highest BCUT2D eigenvalue weighted by Crippen LogP contribution is 2.35. The number of hydrogen-bond donors (Lipinski definition) is 5. The molecule has 2 aromatic heterocycles. The van der Waals surface area contributed by atoms with E-state index in [2.05, 4.69) is 31.1 Å². The van der Waals surface area contributed by atoms with Crippen molar-refractivity contribution in [2.24, 2.45) is 11.7 Å². The number of fused-ring (bicyclic) bond motifs is 1. The Hall–Kier alpha value is -4.66. The Labute approximate surface area is 290 Å². The highest BCUT2D eigenvalue weighted by molar-refractivity contribution is 6.39. The minimum absolute atomic E-state index is 0.0350. The van der Waals surface area contributed by atoms with Crippen LogP contribution in [0.15, 0.2) is 30.6 Å². The maximum Gasteiger partial charge on any atom is 0.287 e. The van der Waals surface area contributed by atoms with Gasteiger partial charge < -0.3 is 26.4 Å². The van der Waals surface area contributed by atoms with Gasteiger partial charge in [0, 0.05) is 18.4 Å². The summed E-state index contributed by atoms with van der Waals surface area (Å²) in [4.78, 5) is 69.8. The van der Waals surface area contributed by atoms with E-state index < -0.39 is 58.7 Å². The normalized spacial score (nSPS) is 21.9. The van der Waals surface area contributed by atoms with E-state index in [4.69, 9.17) is 5.73 Å². The van der Waals surface area contributed by atoms with Crippen LogP contribution < -0.4 is 16.4 Å². The molecule has 1 unspecified atom stereocenters. The van der Waals surface area contributed by atoms with Crippen LogP contribution in [0.4, 0.5) is 0 Å². The zero-order valence-electron chi connectivity index (χ0n) is 28.7. The van der Waals surface area contributed by atoms with Crippen molar-refractivity contribution in [3.63, 3.8) is 0 Å². The molecule has 50 heavy (non-hydrogen) atoms. The van der Waals surface area contributed by atoms with E-state index in [1.807, 2.05) is 6.07 Å². The van der Waals surface area contributed by atoms with E-state index in [1.54, 1.807) is 32.2 Å². The maximum absolute atomic E-state index is 14.8. The van der Waals surface area contributed by atoms with Crippen molar-refractivity contribution in [3.05, 3.63) is 41.9 Å². The number of rotatable bonds is 11. The number of aliphatic hydroxyl groups is 1. The van der Waals surface area contributed by atoms with Crippen LogP contribution in [-0.2, 0) is 24.8 Å². The fraction of sp³-hybridized carbons (Fsp3) is 0.600. The van der Waals surface area contributed by atoms with Gasteiger partial charge in [-0.2, -0.15) is 5.10 Å². The van der Waals surface area contributed by atoms with Crippen LogP contribution >= 0.6 is 0 Å². The Morgan fingerprint density at radius 3 is 2.48 bits per heavy atom. The molecule has 3 aromatic rings. The number of benzene rings is 1. The van der Waals surface area contributed by atoms with Crippen LogP contribution in [-0.4, -0.2) is 88.8 Å². The van der Waals surface area contributed by atoms with Gasteiger partial charge in [-0.25, -0.2) is 4.68 Å². The molecule has 3 heterocycles. The lowest BCUT2D eigenvalue weighted by Crippen LogP contribution is -2.62. The first-order chi connectivity index (χ1) is 23.9. The standard InChI is InChI=1S/C35H47N9O6/c1-34(2,50)27-19-38-42-44(27)23-17-26(32(48)40-35(29(45)30(36)46)14-7-4-8-15-35)43(20-23)33(49)25(16-21-10-5-3-6-11-21)39-31(47)24-13-9-12-22-18-37-41-28(22)24/h9,12-13,18-19,21,23,25-26,50H,3-8,10-11,14-17,20H2,1-2H3,(H2,36,46)(H,37,41)(H,39,47)(H,40,48)/t23-,25?,26-/m0/s1. The van der Waals surface area contributed by atoms with Crippen LogP contribution in [0, 0.1) is 5.92 Å². The first-order valence-electron chi connectivity index (χ1n) is 17.7. The molecule has 2 saturated carbocycles. The molecule has 1 aromatic carbocycles. The summed E-state index contributed by atoms with van der Waals surface area (Å²) >= 11 is 0. The van der Waals surface area contributed by atoms with E-state index in [0.29, 0.717) is 36.0 Å². The molecular weight excluding hydrogens is 642 g/mol. The largest absolute Gasteiger partial charge is 0.384 e. The zero-order chi connectivity index (χ0) is 35.6. The molecule has 268 valence electrons. The van der Waals surface area contributed by atoms with Crippen molar-refractivity contribution in [2.45, 2.75) is 120 Å². The van der Waals surface area contributed by atoms with Gasteiger partial charge in [0.15, 0.2) is 0 Å². The van der Waals surface area contributed by atoms with E-state index in [1.165, 1.54) is 15.8 Å². The summed E-state index contributed by atoms with van der Waals surface area (Å²) in [5.74, 6) is -3.25. The van der Waals surface area contributed by atoms with Crippen molar-refractivity contribution in [1.29, 1.82) is 0 Å². The number of carbonyl (C=O) groups is 5. The highest BCUT2D eigenvalue weighted by atomic mass is 16.3. The summed E-state index contributed by atoms with van der Waals surface area (Å²) < 4.78 is 1.53. The average Bonchev–Trinajstić information content (AvgIpc) is 3.88. The molecular formula is C35H47N9O6. The van der Waals surface area contributed by atoms with Gasteiger partial charge in [0.2, 0.25) is 17.6 Å². The van der Waals surface area contributed by atoms with Crippen molar-refractivity contribution < 1.29 is 29.1 Å². The van der Waals surface area contributed by atoms with Crippen molar-refractivity contribution >= 4 is 40.3 Å². The number of H-pyrrole nitrogens is 1. The van der Waals surface area contributed by atoms with Gasteiger partial charge in [-0.15, -0.1) is 5.10 Å². The lowest BCUT2D eigenvalue weighted by atomic mass is 9.78. The monoisotopic (exact) mass is 689 g/mol. The molecule has 15 nitrogen and oxygen atoms in total. The molecule has 1 saturated heterocycles. The summed E-state index contributed by atoms with van der Waals surface area (Å²) in [6, 6.07) is 2.66. The number of hydrogen-bond acceptors (Lipinski definition) is 9. The van der Waals surface area contributed by atoms with Crippen LogP contribution in [0.5, 0.6) is 0 Å². The molecule has 0 spiro atoms. The summed E-state index contributed by atoms with van der Waals surface area (Å²) in [6.45, 7) is 3.23. The number of carbonyl (C=O) groups excluding carboxylic acids is 5. The minimum atomic E-state index is -1.46. The van der Waals surface area contributed by atoms with Crippen molar-refractivity contribution in [3.8, 4) is 0 Å². The van der Waals surface area contributed by atoms with Crippen LogP contribution in [0.3, 0.4) is 0 Å². The first-order valence-corrected chi connectivity index (χ1v) is 17.7. The van der Waals surface area contributed by atoms with Crippen molar-refractivity contribution in [2.75, 3.05) is 6.54 Å². The number of amides is 4. The van der Waals surface area contributed by atoms with Crippen molar-refractivity contribution in [1.82, 2.24) is 40.7 Å². The topological polar surface area (TPSA) is 218 Å². The second-order valence-corrected chi connectivity index (χ2v) is 14.7. The van der Waals surface area contributed by atoms with Gasteiger partial charge in [0.25, 0.3) is 11.8 Å². The minimum Gasteiger partial charge on any atom is -0.384 e. The summed E-state index contributed by atoms with van der Waals surface area (Å²) in [5.41, 5.74) is 3.98. The molecule has 2 aliphatic carbocycles. The van der Waals surface area contributed by atoms with Gasteiger partial charge in [-0.1, -0.05) is 68.7 Å². The molecule has 4 amide bonds. The summed E-state index contributed by atoms with van der Waals surface area (Å²) in [6.07, 6.45) is 11.2. The van der Waals surface area contributed by atoms with Gasteiger partial charge in [0.1, 0.15) is 23.2 Å². The molecule has 3 aliphatic rings.